The van der Waals surface area contributed by atoms with E-state index in [0.717, 1.165) is 15.6 Å². The molecule has 0 N–H and O–H groups in total. The Balaban J connectivity index is 1.95. The highest BCUT2D eigenvalue weighted by molar-refractivity contribution is 9.10. The zero-order chi connectivity index (χ0) is 12.3. The van der Waals surface area contributed by atoms with Crippen molar-refractivity contribution in [3.05, 3.63) is 52.3 Å². The van der Waals surface area contributed by atoms with Gasteiger partial charge < -0.3 is 0 Å². The average Bonchev–Trinajstić information content (AvgIpc) is 2.67. The molecule has 1 aromatic heterocycles. The van der Waals surface area contributed by atoms with Gasteiger partial charge in [-0.1, -0.05) is 28.1 Å². The van der Waals surface area contributed by atoms with Crippen LogP contribution in [0.5, 0.6) is 0 Å². The first-order valence-corrected chi connectivity index (χ1v) is 6.16. The molecule has 0 amide bonds. The van der Waals surface area contributed by atoms with Crippen molar-refractivity contribution in [3.63, 3.8) is 0 Å². The fourth-order valence-corrected chi connectivity index (χ4v) is 1.95. The molecule has 0 unspecified atom stereocenters. The highest BCUT2D eigenvalue weighted by atomic mass is 79.9. The zero-order valence-electron chi connectivity index (χ0n) is 9.56. The second kappa shape index (κ2) is 5.27. The smallest absolute Gasteiger partial charge is 0.141 e. The largest absolute Gasteiger partial charge is 0.299 e. The molecule has 88 valence electrons. The van der Waals surface area contributed by atoms with Crippen LogP contribution < -0.4 is 0 Å². The molecule has 1 heterocycles. The number of ketones is 1. The summed E-state index contributed by atoms with van der Waals surface area (Å²) in [5, 5.41) is 4.05. The number of benzene rings is 1. The molecule has 1 aromatic carbocycles. The molecular formula is C13H13BrN2O. The predicted molar refractivity (Wildman–Crippen MR) is 69.8 cm³/mol. The van der Waals surface area contributed by atoms with E-state index in [1.54, 1.807) is 10.9 Å². The van der Waals surface area contributed by atoms with Crippen LogP contribution in [0.25, 0.3) is 0 Å². The minimum absolute atomic E-state index is 0.209. The Hall–Kier alpha value is -1.42. The van der Waals surface area contributed by atoms with Crippen LogP contribution in [0.2, 0.25) is 0 Å². The molecule has 0 saturated carbocycles. The van der Waals surface area contributed by atoms with E-state index in [1.807, 2.05) is 37.5 Å². The van der Waals surface area contributed by atoms with Crippen molar-refractivity contribution in [2.75, 3.05) is 0 Å². The molecule has 0 aliphatic rings. The first-order chi connectivity index (χ1) is 8.13. The highest BCUT2D eigenvalue weighted by Crippen LogP contribution is 2.11. The quantitative estimate of drug-likeness (QED) is 0.868. The lowest BCUT2D eigenvalue weighted by atomic mass is 10.1. The van der Waals surface area contributed by atoms with Gasteiger partial charge in [-0.05, 0) is 23.3 Å². The summed E-state index contributed by atoms with van der Waals surface area (Å²) in [4.78, 5) is 11.8. The summed E-state index contributed by atoms with van der Waals surface area (Å²) < 4.78 is 2.74. The number of halogens is 1. The molecule has 0 aliphatic carbocycles. The van der Waals surface area contributed by atoms with Crippen LogP contribution >= 0.6 is 15.9 Å². The highest BCUT2D eigenvalue weighted by Gasteiger charge is 2.06. The van der Waals surface area contributed by atoms with Crippen LogP contribution in [0.3, 0.4) is 0 Å². The lowest BCUT2D eigenvalue weighted by Gasteiger charge is -2.00. The number of rotatable bonds is 4. The number of Topliss-reactive ketones (excluding diaryl/α,β-unsaturated/α-hetero) is 1. The van der Waals surface area contributed by atoms with Gasteiger partial charge >= 0.3 is 0 Å². The van der Waals surface area contributed by atoms with Gasteiger partial charge in [0.15, 0.2) is 0 Å². The third-order valence-corrected chi connectivity index (χ3v) is 3.00. The van der Waals surface area contributed by atoms with Crippen LogP contribution in [-0.4, -0.2) is 15.6 Å². The van der Waals surface area contributed by atoms with Crippen molar-refractivity contribution in [3.8, 4) is 0 Å². The topological polar surface area (TPSA) is 34.9 Å². The molecule has 4 heteroatoms. The van der Waals surface area contributed by atoms with Gasteiger partial charge in [0.2, 0.25) is 0 Å². The van der Waals surface area contributed by atoms with Gasteiger partial charge in [0.25, 0.3) is 0 Å². The Bertz CT molecular complexity index is 516. The molecule has 0 bridgehead atoms. The summed E-state index contributed by atoms with van der Waals surface area (Å²) in [5.74, 6) is 0.209. The molecule has 0 fully saturated rings. The van der Waals surface area contributed by atoms with Gasteiger partial charge in [0.05, 0.1) is 6.20 Å². The van der Waals surface area contributed by atoms with Crippen molar-refractivity contribution in [1.29, 1.82) is 0 Å². The van der Waals surface area contributed by atoms with E-state index in [1.165, 1.54) is 0 Å². The third-order valence-electron chi connectivity index (χ3n) is 2.47. The Morgan fingerprint density at radius 3 is 2.47 bits per heavy atom. The second-order valence-corrected chi connectivity index (χ2v) is 4.96. The number of nitrogens with zero attached hydrogens (tertiary/aromatic N) is 2. The minimum atomic E-state index is 0.209. The molecular weight excluding hydrogens is 280 g/mol. The maximum Gasteiger partial charge on any atom is 0.141 e. The molecule has 0 spiro atoms. The monoisotopic (exact) mass is 292 g/mol. The van der Waals surface area contributed by atoms with Gasteiger partial charge in [0.1, 0.15) is 5.78 Å². The summed E-state index contributed by atoms with van der Waals surface area (Å²) in [6.07, 6.45) is 4.53. The van der Waals surface area contributed by atoms with Crippen LogP contribution in [0.1, 0.15) is 11.1 Å². The van der Waals surface area contributed by atoms with Crippen molar-refractivity contribution in [1.82, 2.24) is 9.78 Å². The number of carbonyl (C=O) groups is 1. The fraction of sp³-hybridized carbons (Fsp3) is 0.231. The Labute approximate surface area is 109 Å². The van der Waals surface area contributed by atoms with E-state index in [0.29, 0.717) is 12.8 Å². The second-order valence-electron chi connectivity index (χ2n) is 4.04. The molecule has 2 aromatic rings. The van der Waals surface area contributed by atoms with E-state index in [4.69, 9.17) is 0 Å². The zero-order valence-corrected chi connectivity index (χ0v) is 11.1. The van der Waals surface area contributed by atoms with Gasteiger partial charge in [-0.15, -0.1) is 0 Å². The summed E-state index contributed by atoms with van der Waals surface area (Å²) in [5.41, 5.74) is 2.01. The van der Waals surface area contributed by atoms with E-state index in [9.17, 15) is 4.79 Å². The van der Waals surface area contributed by atoms with Crippen LogP contribution in [0.15, 0.2) is 41.1 Å². The lowest BCUT2D eigenvalue weighted by Crippen LogP contribution is -2.05. The number of hydrogen-bond donors (Lipinski definition) is 0. The summed E-state index contributed by atoms with van der Waals surface area (Å²) in [6, 6.07) is 7.83. The van der Waals surface area contributed by atoms with Crippen molar-refractivity contribution >= 4 is 21.7 Å². The minimum Gasteiger partial charge on any atom is -0.299 e. The standard InChI is InChI=1S/C13H13BrN2O/c1-16-9-11(8-15-16)7-13(17)6-10-2-4-12(14)5-3-10/h2-5,8-9H,6-7H2,1H3. The molecule has 0 radical (unpaired) electrons. The number of aryl methyl sites for hydroxylation is 1. The summed E-state index contributed by atoms with van der Waals surface area (Å²) in [6.45, 7) is 0. The van der Waals surface area contributed by atoms with E-state index >= 15 is 0 Å². The van der Waals surface area contributed by atoms with Gasteiger partial charge in [-0.3, -0.25) is 9.48 Å². The normalized spacial score (nSPS) is 10.5. The van der Waals surface area contributed by atoms with Gasteiger partial charge in [-0.25, -0.2) is 0 Å². The van der Waals surface area contributed by atoms with Crippen LogP contribution in [0.4, 0.5) is 0 Å². The van der Waals surface area contributed by atoms with Crippen LogP contribution in [0, 0.1) is 0 Å². The maximum atomic E-state index is 11.8. The van der Waals surface area contributed by atoms with E-state index in [-0.39, 0.29) is 5.78 Å². The summed E-state index contributed by atoms with van der Waals surface area (Å²) in [7, 11) is 1.85. The first kappa shape index (κ1) is 12.0. The fourth-order valence-electron chi connectivity index (χ4n) is 1.68. The van der Waals surface area contributed by atoms with Crippen molar-refractivity contribution < 1.29 is 4.79 Å². The Morgan fingerprint density at radius 1 is 1.24 bits per heavy atom. The maximum absolute atomic E-state index is 11.8. The molecule has 2 rings (SSSR count). The van der Waals surface area contributed by atoms with Crippen molar-refractivity contribution in [2.24, 2.45) is 7.05 Å². The Morgan fingerprint density at radius 2 is 1.88 bits per heavy atom. The van der Waals surface area contributed by atoms with E-state index < -0.39 is 0 Å². The number of hydrogen-bond acceptors (Lipinski definition) is 2. The number of aromatic nitrogens is 2. The molecule has 0 atom stereocenters. The summed E-state index contributed by atoms with van der Waals surface area (Å²) >= 11 is 3.37. The molecule has 17 heavy (non-hydrogen) atoms. The molecule has 3 nitrogen and oxygen atoms in total. The van der Waals surface area contributed by atoms with Crippen LogP contribution in [-0.2, 0) is 24.7 Å². The molecule has 0 aliphatic heterocycles. The average molecular weight is 293 g/mol. The lowest BCUT2D eigenvalue weighted by molar-refractivity contribution is -0.117. The molecule has 0 saturated heterocycles. The van der Waals surface area contributed by atoms with Gasteiger partial charge in [-0.2, -0.15) is 5.10 Å². The third kappa shape index (κ3) is 3.53. The number of carbonyl (C=O) groups excluding carboxylic acids is 1. The SMILES string of the molecule is Cn1cc(CC(=O)Cc2ccc(Br)cc2)cn1. The van der Waals surface area contributed by atoms with E-state index in [2.05, 4.69) is 21.0 Å². The van der Waals surface area contributed by atoms with Crippen molar-refractivity contribution in [2.45, 2.75) is 12.8 Å². The Kier molecular flexibility index (Phi) is 3.74. The van der Waals surface area contributed by atoms with Gasteiger partial charge in [0, 0.05) is 30.6 Å². The predicted octanol–water partition coefficient (Wildman–Crippen LogP) is 2.54. The first-order valence-electron chi connectivity index (χ1n) is 5.37.